The van der Waals surface area contributed by atoms with Crippen LogP contribution in [0.4, 0.5) is 0 Å². The van der Waals surface area contributed by atoms with Crippen LogP contribution in [0.15, 0.2) is 24.3 Å². The minimum atomic E-state index is -1.30. The van der Waals surface area contributed by atoms with E-state index >= 15 is 0 Å². The Kier molecular flexibility index (Phi) is 4.85. The van der Waals surface area contributed by atoms with Gasteiger partial charge in [0, 0.05) is 61.3 Å². The molecular weight excluding hydrogens is 460 g/mol. The van der Waals surface area contributed by atoms with Gasteiger partial charge in [0.2, 0.25) is 5.79 Å². The van der Waals surface area contributed by atoms with Gasteiger partial charge in [0.1, 0.15) is 12.7 Å². The molecule has 6 heterocycles. The van der Waals surface area contributed by atoms with Crippen LogP contribution < -0.4 is 0 Å². The summed E-state index contributed by atoms with van der Waals surface area (Å²) in [5.41, 5.74) is 4.19. The Labute approximate surface area is 210 Å². The molecule has 0 N–H and O–H groups in total. The lowest BCUT2D eigenvalue weighted by Gasteiger charge is -2.57. The van der Waals surface area contributed by atoms with Gasteiger partial charge >= 0.3 is 5.97 Å². The molecule has 0 saturated carbocycles. The summed E-state index contributed by atoms with van der Waals surface area (Å²) in [6.07, 6.45) is 2.21. The van der Waals surface area contributed by atoms with E-state index in [1.807, 2.05) is 6.92 Å². The SMILES string of the molecule is CC(=O)OC[C@H]1CC(=O)[C@]2(C[C@H]3[C@@H]4C[C@H]5c6c(c7ccccc7n6C)C[C@@H]([C@@H]4CO[C@@]3(C)O2)N5C)O1. The van der Waals surface area contributed by atoms with Crippen LogP contribution in [-0.4, -0.2) is 65.2 Å². The lowest BCUT2D eigenvalue weighted by atomic mass is 9.63. The van der Waals surface area contributed by atoms with Crippen molar-refractivity contribution in [1.29, 1.82) is 0 Å². The van der Waals surface area contributed by atoms with Crippen molar-refractivity contribution >= 4 is 22.7 Å². The highest BCUT2D eigenvalue weighted by Crippen LogP contribution is 2.60. The summed E-state index contributed by atoms with van der Waals surface area (Å²) in [5.74, 6) is -1.83. The number of aromatic nitrogens is 1. The molecule has 1 aromatic heterocycles. The monoisotopic (exact) mass is 494 g/mol. The second kappa shape index (κ2) is 7.63. The number of rotatable bonds is 2. The van der Waals surface area contributed by atoms with E-state index in [-0.39, 0.29) is 30.7 Å². The second-order valence-electron chi connectivity index (χ2n) is 11.6. The van der Waals surface area contributed by atoms with E-state index in [0.717, 1.165) is 12.8 Å². The topological polar surface area (TPSA) is 79.2 Å². The Hall–Kier alpha value is -2.26. The number of carbonyl (C=O) groups excluding carboxylic acids is 2. The number of carbonyl (C=O) groups is 2. The lowest BCUT2D eigenvalue weighted by molar-refractivity contribution is -0.328. The van der Waals surface area contributed by atoms with Gasteiger partial charge in [-0.25, -0.2) is 0 Å². The number of esters is 1. The Bertz CT molecular complexity index is 1270. The molecule has 4 fully saturated rings. The molecule has 0 radical (unpaired) electrons. The zero-order valence-electron chi connectivity index (χ0n) is 21.4. The van der Waals surface area contributed by atoms with Crippen LogP contribution in [0.5, 0.6) is 0 Å². The van der Waals surface area contributed by atoms with Crippen molar-refractivity contribution in [2.24, 2.45) is 24.8 Å². The Balaban J connectivity index is 1.22. The molecule has 5 aliphatic heterocycles. The van der Waals surface area contributed by atoms with E-state index in [0.29, 0.717) is 36.9 Å². The van der Waals surface area contributed by atoms with Gasteiger partial charge in [-0.1, -0.05) is 18.2 Å². The van der Waals surface area contributed by atoms with E-state index in [4.69, 9.17) is 18.9 Å². The van der Waals surface area contributed by atoms with Crippen molar-refractivity contribution in [2.75, 3.05) is 20.3 Å². The van der Waals surface area contributed by atoms with E-state index in [9.17, 15) is 9.59 Å². The molecule has 36 heavy (non-hydrogen) atoms. The number of nitrogens with zero attached hydrogens (tertiary/aromatic N) is 2. The third kappa shape index (κ3) is 3.01. The summed E-state index contributed by atoms with van der Waals surface area (Å²) in [5, 5.41) is 1.37. The second-order valence-corrected chi connectivity index (χ2v) is 11.6. The number of benzene rings is 1. The molecule has 0 amide bonds. The van der Waals surface area contributed by atoms with E-state index in [1.165, 1.54) is 29.1 Å². The number of para-hydroxylation sites is 1. The summed E-state index contributed by atoms with van der Waals surface area (Å²) in [6.45, 7) is 4.02. The molecule has 8 heteroatoms. The molecule has 2 bridgehead atoms. The third-order valence-corrected chi connectivity index (χ3v) is 9.82. The van der Waals surface area contributed by atoms with Crippen LogP contribution >= 0.6 is 0 Å². The molecular formula is C28H34N2O6. The summed E-state index contributed by atoms with van der Waals surface area (Å²) in [4.78, 5) is 27.0. The summed E-state index contributed by atoms with van der Waals surface area (Å²) >= 11 is 0. The molecule has 8 nitrogen and oxygen atoms in total. The predicted octanol–water partition coefficient (Wildman–Crippen LogP) is 3.11. The van der Waals surface area contributed by atoms with Gasteiger partial charge in [0.15, 0.2) is 11.6 Å². The van der Waals surface area contributed by atoms with E-state index in [1.54, 1.807) is 0 Å². The highest BCUT2D eigenvalue weighted by Gasteiger charge is 2.67. The summed E-state index contributed by atoms with van der Waals surface area (Å²) in [6, 6.07) is 9.42. The minimum Gasteiger partial charge on any atom is -0.463 e. The smallest absolute Gasteiger partial charge is 0.302 e. The van der Waals surface area contributed by atoms with Crippen LogP contribution in [0.2, 0.25) is 0 Å². The third-order valence-electron chi connectivity index (χ3n) is 9.82. The van der Waals surface area contributed by atoms with Crippen molar-refractivity contribution in [1.82, 2.24) is 9.47 Å². The highest BCUT2D eigenvalue weighted by molar-refractivity contribution is 5.88. The van der Waals surface area contributed by atoms with Crippen molar-refractivity contribution in [3.05, 3.63) is 35.5 Å². The van der Waals surface area contributed by atoms with Crippen LogP contribution in [-0.2, 0) is 42.0 Å². The summed E-state index contributed by atoms with van der Waals surface area (Å²) < 4.78 is 26.6. The molecule has 0 aliphatic carbocycles. The zero-order chi connectivity index (χ0) is 25.0. The number of aryl methyl sites for hydroxylation is 1. The van der Waals surface area contributed by atoms with Gasteiger partial charge in [0.25, 0.3) is 0 Å². The first-order chi connectivity index (χ1) is 17.2. The number of hydrogen-bond donors (Lipinski definition) is 0. The fourth-order valence-electron chi connectivity index (χ4n) is 8.20. The lowest BCUT2D eigenvalue weighted by Crippen LogP contribution is -2.60. The number of ether oxygens (including phenoxy) is 4. The number of ketones is 1. The minimum absolute atomic E-state index is 0.0580. The van der Waals surface area contributed by atoms with Gasteiger partial charge < -0.3 is 23.5 Å². The van der Waals surface area contributed by atoms with Crippen LogP contribution in [0.3, 0.4) is 0 Å². The van der Waals surface area contributed by atoms with E-state index in [2.05, 4.69) is 47.8 Å². The average Bonchev–Trinajstić information content (AvgIpc) is 3.42. The maximum absolute atomic E-state index is 13.2. The van der Waals surface area contributed by atoms with Crippen LogP contribution in [0, 0.1) is 17.8 Å². The number of Topliss-reactive ketones (excluding diaryl/α,β-unsaturated/α-hetero) is 1. The van der Waals surface area contributed by atoms with Crippen LogP contribution in [0.25, 0.3) is 10.9 Å². The number of fused-ring (bicyclic) bond motifs is 10. The zero-order valence-corrected chi connectivity index (χ0v) is 21.4. The van der Waals surface area contributed by atoms with Gasteiger partial charge in [-0.05, 0) is 44.4 Å². The molecule has 8 atom stereocenters. The quantitative estimate of drug-likeness (QED) is 0.594. The maximum Gasteiger partial charge on any atom is 0.302 e. The standard InChI is InChI=1S/C28H34N2O6/c1-15(31)33-13-16-9-25(32)28(35-16)12-21-18-10-24-26-19(17-7-5-6-8-22(17)30(26)4)11-23(29(24)3)20(18)14-34-27(21,2)36-28/h5-8,16,18,20-21,23-24H,9-14H2,1-4H3/t16-,18-,20-,21+,23+,24+,27+,28-/m1/s1. The fraction of sp³-hybridized carbons (Fsp3) is 0.643. The molecule has 2 aromatic rings. The Morgan fingerprint density at radius 1 is 1.19 bits per heavy atom. The van der Waals surface area contributed by atoms with Crippen molar-refractivity contribution < 1.29 is 28.5 Å². The molecule has 5 aliphatic rings. The molecule has 4 saturated heterocycles. The first-order valence-corrected chi connectivity index (χ1v) is 13.2. The van der Waals surface area contributed by atoms with Crippen molar-refractivity contribution in [2.45, 2.75) is 69.3 Å². The first kappa shape index (κ1) is 22.9. The Morgan fingerprint density at radius 2 is 2.00 bits per heavy atom. The number of likely N-dealkylation sites (N-methyl/N-ethyl adjacent to an activating group) is 1. The van der Waals surface area contributed by atoms with E-state index < -0.39 is 17.7 Å². The predicted molar refractivity (Wildman–Crippen MR) is 130 cm³/mol. The molecule has 7 rings (SSSR count). The van der Waals surface area contributed by atoms with Gasteiger partial charge in [-0.2, -0.15) is 0 Å². The number of hydrogen-bond acceptors (Lipinski definition) is 7. The molecule has 0 unspecified atom stereocenters. The van der Waals surface area contributed by atoms with Gasteiger partial charge in [0.05, 0.1) is 12.6 Å². The highest BCUT2D eigenvalue weighted by atomic mass is 16.8. The Morgan fingerprint density at radius 3 is 2.81 bits per heavy atom. The summed E-state index contributed by atoms with van der Waals surface area (Å²) in [7, 11) is 4.45. The molecule has 1 aromatic carbocycles. The normalized spacial score (nSPS) is 41.4. The molecule has 1 spiro atoms. The van der Waals surface area contributed by atoms with Crippen molar-refractivity contribution in [3.63, 3.8) is 0 Å². The number of piperidine rings is 1. The fourth-order valence-corrected chi connectivity index (χ4v) is 8.20. The molecule has 192 valence electrons. The largest absolute Gasteiger partial charge is 0.463 e. The van der Waals surface area contributed by atoms with Gasteiger partial charge in [-0.3, -0.25) is 14.5 Å². The van der Waals surface area contributed by atoms with Crippen LogP contribution in [0.1, 0.15) is 50.4 Å². The van der Waals surface area contributed by atoms with Crippen molar-refractivity contribution in [3.8, 4) is 0 Å². The first-order valence-electron chi connectivity index (χ1n) is 13.2. The average molecular weight is 495 g/mol. The van der Waals surface area contributed by atoms with Gasteiger partial charge in [-0.15, -0.1) is 0 Å². The maximum atomic E-state index is 13.2.